The Morgan fingerprint density at radius 2 is 2.00 bits per heavy atom. The molecule has 0 fully saturated rings. The Morgan fingerprint density at radius 3 is 2.55 bits per heavy atom. The molecule has 0 saturated heterocycles. The quantitative estimate of drug-likeness (QED) is 0.899. The second kappa shape index (κ2) is 6.72. The lowest BCUT2D eigenvalue weighted by Crippen LogP contribution is -2.30. The van der Waals surface area contributed by atoms with Gasteiger partial charge in [-0.1, -0.05) is 29.8 Å². The van der Waals surface area contributed by atoms with Crippen LogP contribution in [0.1, 0.15) is 26.9 Å². The van der Waals surface area contributed by atoms with Gasteiger partial charge in [0.2, 0.25) is 0 Å². The van der Waals surface area contributed by atoms with Crippen LogP contribution in [0, 0.1) is 13.8 Å². The predicted octanol–water partition coefficient (Wildman–Crippen LogP) is 4.15. The molecule has 108 valence electrons. The summed E-state index contributed by atoms with van der Waals surface area (Å²) in [6, 6.07) is 10.5. The highest BCUT2D eigenvalue weighted by Crippen LogP contribution is 2.30. The van der Waals surface area contributed by atoms with E-state index in [0.717, 1.165) is 17.1 Å². The van der Waals surface area contributed by atoms with Gasteiger partial charge in [0.1, 0.15) is 0 Å². The third kappa shape index (κ3) is 3.41. The van der Waals surface area contributed by atoms with Crippen molar-refractivity contribution in [3.05, 3.63) is 56.2 Å². The van der Waals surface area contributed by atoms with Gasteiger partial charge in [0.15, 0.2) is 0 Å². The topological polar surface area (TPSA) is 29.3 Å². The number of benzene rings is 1. The second-order valence-corrected chi connectivity index (χ2v) is 6.99. The molecule has 4 heteroatoms. The molecule has 0 spiro atoms. The van der Waals surface area contributed by atoms with Crippen LogP contribution < -0.4 is 5.73 Å². The number of nitrogens with zero attached hydrogens (tertiary/aromatic N) is 1. The third-order valence-corrected chi connectivity index (χ3v) is 4.92. The fourth-order valence-electron chi connectivity index (χ4n) is 2.53. The van der Waals surface area contributed by atoms with E-state index in [0.29, 0.717) is 6.54 Å². The standard InChI is InChI=1S/C16H21ClN2S/c1-11-8-14(12(2)20-11)16(9-18)19(3)10-13-6-4-5-7-15(13)17/h4-8,16H,9-10,18H2,1-3H3. The Morgan fingerprint density at radius 1 is 1.30 bits per heavy atom. The molecule has 20 heavy (non-hydrogen) atoms. The number of rotatable bonds is 5. The molecule has 0 aliphatic carbocycles. The number of aryl methyl sites for hydroxylation is 2. The van der Waals surface area contributed by atoms with E-state index in [1.807, 2.05) is 29.5 Å². The molecule has 2 aromatic rings. The lowest BCUT2D eigenvalue weighted by molar-refractivity contribution is 0.241. The highest BCUT2D eigenvalue weighted by molar-refractivity contribution is 7.12. The summed E-state index contributed by atoms with van der Waals surface area (Å²) in [6.07, 6.45) is 0. The normalized spacial score (nSPS) is 12.9. The van der Waals surface area contributed by atoms with Crippen LogP contribution in [0.2, 0.25) is 5.02 Å². The molecule has 0 radical (unpaired) electrons. The number of thiophene rings is 1. The Bertz CT molecular complexity index is 580. The van der Waals surface area contributed by atoms with Crippen molar-refractivity contribution >= 4 is 22.9 Å². The number of likely N-dealkylation sites (N-methyl/N-ethyl adjacent to an activating group) is 1. The van der Waals surface area contributed by atoms with Crippen LogP contribution in [0.4, 0.5) is 0 Å². The SMILES string of the molecule is Cc1cc(C(CN)N(C)Cc2ccccc2Cl)c(C)s1. The highest BCUT2D eigenvalue weighted by Gasteiger charge is 2.19. The van der Waals surface area contributed by atoms with Crippen molar-refractivity contribution in [2.75, 3.05) is 13.6 Å². The summed E-state index contributed by atoms with van der Waals surface area (Å²) in [6.45, 7) is 5.72. The Labute approximate surface area is 130 Å². The lowest BCUT2D eigenvalue weighted by Gasteiger charge is -2.27. The first kappa shape index (κ1) is 15.5. The fraction of sp³-hybridized carbons (Fsp3) is 0.375. The minimum absolute atomic E-state index is 0.233. The summed E-state index contributed by atoms with van der Waals surface area (Å²) in [7, 11) is 2.10. The molecule has 2 rings (SSSR count). The highest BCUT2D eigenvalue weighted by atomic mass is 35.5. The summed E-state index contributed by atoms with van der Waals surface area (Å²) < 4.78 is 0. The summed E-state index contributed by atoms with van der Waals surface area (Å²) >= 11 is 8.07. The Balaban J connectivity index is 2.20. The van der Waals surface area contributed by atoms with E-state index < -0.39 is 0 Å². The van der Waals surface area contributed by atoms with Gasteiger partial charge in [-0.3, -0.25) is 4.90 Å². The third-order valence-electron chi connectivity index (χ3n) is 3.57. The van der Waals surface area contributed by atoms with Crippen molar-refractivity contribution < 1.29 is 0 Å². The maximum atomic E-state index is 6.24. The number of hydrogen-bond acceptors (Lipinski definition) is 3. The molecule has 1 aromatic carbocycles. The summed E-state index contributed by atoms with van der Waals surface area (Å²) in [5.74, 6) is 0. The molecule has 2 N–H and O–H groups in total. The van der Waals surface area contributed by atoms with Crippen LogP contribution in [0.5, 0.6) is 0 Å². The second-order valence-electron chi connectivity index (χ2n) is 5.13. The van der Waals surface area contributed by atoms with Crippen molar-refractivity contribution in [2.24, 2.45) is 5.73 Å². The van der Waals surface area contributed by atoms with Gasteiger partial charge in [-0.05, 0) is 44.2 Å². The van der Waals surface area contributed by atoms with Crippen molar-refractivity contribution in [3.63, 3.8) is 0 Å². The number of nitrogens with two attached hydrogens (primary N) is 1. The minimum atomic E-state index is 0.233. The largest absolute Gasteiger partial charge is 0.329 e. The van der Waals surface area contributed by atoms with Crippen molar-refractivity contribution in [1.29, 1.82) is 0 Å². The molecular weight excluding hydrogens is 288 g/mol. The van der Waals surface area contributed by atoms with Crippen molar-refractivity contribution in [1.82, 2.24) is 4.90 Å². The molecular formula is C16H21ClN2S. The van der Waals surface area contributed by atoms with E-state index in [-0.39, 0.29) is 6.04 Å². The molecule has 1 unspecified atom stereocenters. The van der Waals surface area contributed by atoms with Crippen LogP contribution >= 0.6 is 22.9 Å². The van der Waals surface area contributed by atoms with E-state index in [9.17, 15) is 0 Å². The molecule has 1 aromatic heterocycles. The predicted molar refractivity (Wildman–Crippen MR) is 88.5 cm³/mol. The molecule has 0 aliphatic heterocycles. The molecule has 0 saturated carbocycles. The maximum absolute atomic E-state index is 6.24. The molecule has 0 amide bonds. The summed E-state index contributed by atoms with van der Waals surface area (Å²) in [5, 5.41) is 0.813. The van der Waals surface area contributed by atoms with Gasteiger partial charge in [0.25, 0.3) is 0 Å². The van der Waals surface area contributed by atoms with E-state index in [1.54, 1.807) is 0 Å². The molecule has 0 aliphatic rings. The zero-order valence-corrected chi connectivity index (χ0v) is 13.8. The smallest absolute Gasteiger partial charge is 0.0481 e. The first-order valence-electron chi connectivity index (χ1n) is 6.73. The lowest BCUT2D eigenvalue weighted by atomic mass is 10.1. The molecule has 0 bridgehead atoms. The minimum Gasteiger partial charge on any atom is -0.329 e. The van der Waals surface area contributed by atoms with Gasteiger partial charge in [0, 0.05) is 33.9 Å². The van der Waals surface area contributed by atoms with Crippen molar-refractivity contribution in [2.45, 2.75) is 26.4 Å². The van der Waals surface area contributed by atoms with Crippen LogP contribution in [0.15, 0.2) is 30.3 Å². The van der Waals surface area contributed by atoms with Gasteiger partial charge < -0.3 is 5.73 Å². The van der Waals surface area contributed by atoms with Crippen LogP contribution in [0.3, 0.4) is 0 Å². The number of halogens is 1. The van der Waals surface area contributed by atoms with Crippen molar-refractivity contribution in [3.8, 4) is 0 Å². The first-order valence-corrected chi connectivity index (χ1v) is 7.93. The van der Waals surface area contributed by atoms with Gasteiger partial charge in [-0.15, -0.1) is 11.3 Å². The van der Waals surface area contributed by atoms with Gasteiger partial charge in [0.05, 0.1) is 0 Å². The molecule has 1 atom stereocenters. The van der Waals surface area contributed by atoms with Crippen LogP contribution in [-0.4, -0.2) is 18.5 Å². The monoisotopic (exact) mass is 308 g/mol. The Kier molecular flexibility index (Phi) is 5.22. The van der Waals surface area contributed by atoms with Crippen LogP contribution in [0.25, 0.3) is 0 Å². The first-order chi connectivity index (χ1) is 9.52. The molecule has 2 nitrogen and oxygen atoms in total. The van der Waals surface area contributed by atoms with Gasteiger partial charge in [-0.25, -0.2) is 0 Å². The summed E-state index contributed by atoms with van der Waals surface area (Å²) in [4.78, 5) is 4.96. The molecule has 1 heterocycles. The van der Waals surface area contributed by atoms with E-state index >= 15 is 0 Å². The van der Waals surface area contributed by atoms with E-state index in [2.05, 4.69) is 37.9 Å². The number of hydrogen-bond donors (Lipinski definition) is 1. The fourth-order valence-corrected chi connectivity index (χ4v) is 3.71. The van der Waals surface area contributed by atoms with Crippen LogP contribution in [-0.2, 0) is 6.54 Å². The zero-order chi connectivity index (χ0) is 14.7. The Hall–Kier alpha value is -0.870. The zero-order valence-electron chi connectivity index (χ0n) is 12.2. The maximum Gasteiger partial charge on any atom is 0.0481 e. The van der Waals surface area contributed by atoms with E-state index in [1.165, 1.54) is 15.3 Å². The van der Waals surface area contributed by atoms with Gasteiger partial charge in [-0.2, -0.15) is 0 Å². The average Bonchev–Trinajstić information content (AvgIpc) is 2.72. The van der Waals surface area contributed by atoms with E-state index in [4.69, 9.17) is 17.3 Å². The summed E-state index contributed by atoms with van der Waals surface area (Å²) in [5.41, 5.74) is 8.48. The average molecular weight is 309 g/mol. The van der Waals surface area contributed by atoms with Gasteiger partial charge >= 0.3 is 0 Å².